The van der Waals surface area contributed by atoms with Gasteiger partial charge in [-0.15, -0.1) is 0 Å². The van der Waals surface area contributed by atoms with E-state index in [0.29, 0.717) is 17.9 Å². The Hall–Kier alpha value is -2.03. The van der Waals surface area contributed by atoms with Crippen LogP contribution in [0.15, 0.2) is 41.2 Å². The van der Waals surface area contributed by atoms with Crippen LogP contribution in [0.3, 0.4) is 0 Å². The summed E-state index contributed by atoms with van der Waals surface area (Å²) >= 11 is 0. The molecule has 16 heavy (non-hydrogen) atoms. The van der Waals surface area contributed by atoms with Crippen LogP contribution in [0.2, 0.25) is 0 Å². The van der Waals surface area contributed by atoms with Crippen LogP contribution in [0.4, 0.5) is 0 Å². The van der Waals surface area contributed by atoms with Gasteiger partial charge in [-0.25, -0.2) is 0 Å². The molecular formula is C13H12O3. The Morgan fingerprint density at radius 2 is 2.25 bits per heavy atom. The van der Waals surface area contributed by atoms with Gasteiger partial charge in [0.05, 0.1) is 19.1 Å². The first-order chi connectivity index (χ1) is 7.85. The van der Waals surface area contributed by atoms with Crippen LogP contribution in [0, 0.1) is 0 Å². The lowest BCUT2D eigenvalue weighted by atomic mass is 10.0. The topological polar surface area (TPSA) is 39.4 Å². The minimum Gasteiger partial charge on any atom is -0.494 e. The molecule has 3 heteroatoms. The lowest BCUT2D eigenvalue weighted by Crippen LogP contribution is -1.94. The average Bonchev–Trinajstić information content (AvgIpc) is 2.83. The number of hydrogen-bond acceptors (Lipinski definition) is 3. The summed E-state index contributed by atoms with van der Waals surface area (Å²) in [7, 11) is 0. The number of aldehydes is 1. The second kappa shape index (κ2) is 4.66. The highest BCUT2D eigenvalue weighted by molar-refractivity contribution is 5.88. The van der Waals surface area contributed by atoms with E-state index in [1.807, 2.05) is 25.1 Å². The lowest BCUT2D eigenvalue weighted by Gasteiger charge is -2.06. The fourth-order valence-electron chi connectivity index (χ4n) is 1.58. The minimum atomic E-state index is 0.587. The molecule has 82 valence electrons. The molecule has 0 aliphatic rings. The molecule has 1 heterocycles. The number of rotatable bonds is 4. The zero-order valence-corrected chi connectivity index (χ0v) is 8.97. The molecule has 0 saturated carbocycles. The van der Waals surface area contributed by atoms with Crippen LogP contribution in [0.5, 0.6) is 5.75 Å². The molecule has 0 atom stereocenters. The molecule has 0 spiro atoms. The summed E-state index contributed by atoms with van der Waals surface area (Å²) in [5, 5.41) is 0. The van der Waals surface area contributed by atoms with Crippen molar-refractivity contribution in [3.63, 3.8) is 0 Å². The summed E-state index contributed by atoms with van der Waals surface area (Å²) in [4.78, 5) is 11.0. The molecule has 1 aromatic carbocycles. The average molecular weight is 216 g/mol. The molecule has 0 unspecified atom stereocenters. The standard InChI is InChI=1S/C13H12O3/c1-2-16-12-3-4-13(11(7-12)8-14)10-5-6-15-9-10/h3-9H,2H2,1H3. The van der Waals surface area contributed by atoms with Crippen molar-refractivity contribution in [3.8, 4) is 16.9 Å². The van der Waals surface area contributed by atoms with Gasteiger partial charge in [0.15, 0.2) is 6.29 Å². The number of benzene rings is 1. The molecule has 0 aliphatic carbocycles. The van der Waals surface area contributed by atoms with Gasteiger partial charge in [0.2, 0.25) is 0 Å². The summed E-state index contributed by atoms with van der Waals surface area (Å²) in [6, 6.07) is 7.26. The van der Waals surface area contributed by atoms with Crippen molar-refractivity contribution in [2.45, 2.75) is 6.92 Å². The molecule has 2 rings (SSSR count). The van der Waals surface area contributed by atoms with Crippen LogP contribution >= 0.6 is 0 Å². The largest absolute Gasteiger partial charge is 0.494 e. The van der Waals surface area contributed by atoms with E-state index >= 15 is 0 Å². The molecule has 0 saturated heterocycles. The van der Waals surface area contributed by atoms with E-state index in [1.54, 1.807) is 18.6 Å². The van der Waals surface area contributed by atoms with Gasteiger partial charge < -0.3 is 9.15 Å². The molecule has 0 aliphatic heterocycles. The van der Waals surface area contributed by atoms with Crippen molar-refractivity contribution < 1.29 is 13.9 Å². The highest BCUT2D eigenvalue weighted by atomic mass is 16.5. The van der Waals surface area contributed by atoms with Crippen molar-refractivity contribution in [1.29, 1.82) is 0 Å². The minimum absolute atomic E-state index is 0.587. The maximum absolute atomic E-state index is 11.0. The zero-order chi connectivity index (χ0) is 11.4. The van der Waals surface area contributed by atoms with Crippen LogP contribution in [-0.2, 0) is 0 Å². The molecule has 1 aromatic heterocycles. The van der Waals surface area contributed by atoms with Gasteiger partial charge >= 0.3 is 0 Å². The number of carbonyl (C=O) groups excluding carboxylic acids is 1. The third-order valence-electron chi connectivity index (χ3n) is 2.29. The Kier molecular flexibility index (Phi) is 3.05. The third kappa shape index (κ3) is 1.98. The second-order valence-corrected chi connectivity index (χ2v) is 3.31. The van der Waals surface area contributed by atoms with E-state index in [1.165, 1.54) is 0 Å². The molecule has 0 amide bonds. The van der Waals surface area contributed by atoms with Crippen LogP contribution < -0.4 is 4.74 Å². The van der Waals surface area contributed by atoms with Gasteiger partial charge in [0.25, 0.3) is 0 Å². The zero-order valence-electron chi connectivity index (χ0n) is 8.97. The van der Waals surface area contributed by atoms with E-state index in [0.717, 1.165) is 17.4 Å². The smallest absolute Gasteiger partial charge is 0.150 e. The number of furan rings is 1. The Morgan fingerprint density at radius 3 is 2.88 bits per heavy atom. The molecule has 0 N–H and O–H groups in total. The first kappa shape index (κ1) is 10.5. The summed E-state index contributed by atoms with van der Waals surface area (Å²) in [6.45, 7) is 2.49. The van der Waals surface area contributed by atoms with Crippen LogP contribution in [0.25, 0.3) is 11.1 Å². The Labute approximate surface area is 93.7 Å². The van der Waals surface area contributed by atoms with E-state index in [4.69, 9.17) is 9.15 Å². The lowest BCUT2D eigenvalue weighted by molar-refractivity contribution is 0.112. The maximum atomic E-state index is 11.0. The number of hydrogen-bond donors (Lipinski definition) is 0. The maximum Gasteiger partial charge on any atom is 0.150 e. The fourth-order valence-corrected chi connectivity index (χ4v) is 1.58. The Morgan fingerprint density at radius 1 is 1.38 bits per heavy atom. The molecule has 2 aromatic rings. The van der Waals surface area contributed by atoms with Crippen molar-refractivity contribution in [1.82, 2.24) is 0 Å². The number of carbonyl (C=O) groups is 1. The monoisotopic (exact) mass is 216 g/mol. The fraction of sp³-hybridized carbons (Fsp3) is 0.154. The third-order valence-corrected chi connectivity index (χ3v) is 2.29. The second-order valence-electron chi connectivity index (χ2n) is 3.31. The van der Waals surface area contributed by atoms with Crippen molar-refractivity contribution in [2.24, 2.45) is 0 Å². The van der Waals surface area contributed by atoms with Gasteiger partial charge in [-0.3, -0.25) is 4.79 Å². The van der Waals surface area contributed by atoms with Crippen LogP contribution in [0.1, 0.15) is 17.3 Å². The highest BCUT2D eigenvalue weighted by Gasteiger charge is 2.07. The van der Waals surface area contributed by atoms with Gasteiger partial charge in [-0.2, -0.15) is 0 Å². The molecule has 0 fully saturated rings. The van der Waals surface area contributed by atoms with E-state index in [9.17, 15) is 4.79 Å². The van der Waals surface area contributed by atoms with Gasteiger partial charge in [0.1, 0.15) is 5.75 Å². The normalized spacial score (nSPS) is 10.1. The predicted octanol–water partition coefficient (Wildman–Crippen LogP) is 3.16. The highest BCUT2D eigenvalue weighted by Crippen LogP contribution is 2.26. The van der Waals surface area contributed by atoms with Gasteiger partial charge in [0, 0.05) is 11.1 Å². The Bertz CT molecular complexity index is 472. The summed E-state index contributed by atoms with van der Waals surface area (Å²) in [5.74, 6) is 0.705. The van der Waals surface area contributed by atoms with E-state index < -0.39 is 0 Å². The van der Waals surface area contributed by atoms with E-state index in [-0.39, 0.29) is 0 Å². The van der Waals surface area contributed by atoms with Crippen molar-refractivity contribution >= 4 is 6.29 Å². The first-order valence-corrected chi connectivity index (χ1v) is 5.09. The van der Waals surface area contributed by atoms with Gasteiger partial charge in [-0.05, 0) is 36.8 Å². The predicted molar refractivity (Wildman–Crippen MR) is 60.7 cm³/mol. The molecular weight excluding hydrogens is 204 g/mol. The number of ether oxygens (including phenoxy) is 1. The molecule has 0 radical (unpaired) electrons. The SMILES string of the molecule is CCOc1ccc(-c2ccoc2)c(C=O)c1. The van der Waals surface area contributed by atoms with Crippen molar-refractivity contribution in [3.05, 3.63) is 42.4 Å². The summed E-state index contributed by atoms with van der Waals surface area (Å²) < 4.78 is 10.3. The quantitative estimate of drug-likeness (QED) is 0.737. The summed E-state index contributed by atoms with van der Waals surface area (Å²) in [5.41, 5.74) is 2.35. The first-order valence-electron chi connectivity index (χ1n) is 5.09. The Balaban J connectivity index is 2.43. The van der Waals surface area contributed by atoms with Gasteiger partial charge in [-0.1, -0.05) is 0 Å². The van der Waals surface area contributed by atoms with E-state index in [2.05, 4.69) is 0 Å². The molecule has 0 bridgehead atoms. The van der Waals surface area contributed by atoms with Crippen LogP contribution in [-0.4, -0.2) is 12.9 Å². The summed E-state index contributed by atoms with van der Waals surface area (Å²) in [6.07, 6.45) is 4.02. The molecule has 3 nitrogen and oxygen atoms in total. The van der Waals surface area contributed by atoms with Crippen molar-refractivity contribution in [2.75, 3.05) is 6.61 Å².